The Morgan fingerprint density at radius 2 is 1.50 bits per heavy atom. The fraction of sp³-hybridized carbons (Fsp3) is 0.263. The van der Waals surface area contributed by atoms with E-state index in [1.54, 1.807) is 12.1 Å². The zero-order valence-electron chi connectivity index (χ0n) is 13.8. The molecular formula is C19H16F3N3O. The van der Waals surface area contributed by atoms with Crippen LogP contribution in [0.3, 0.4) is 0 Å². The molecule has 3 rings (SSSR count). The summed E-state index contributed by atoms with van der Waals surface area (Å²) < 4.78 is 39.7. The average Bonchev–Trinajstić information content (AvgIpc) is 2.63. The molecule has 1 amide bonds. The first-order chi connectivity index (χ1) is 12.5. The number of hydrogen-bond donors (Lipinski definition) is 0. The number of carbonyl (C=O) groups excluding carboxylic acids is 1. The van der Waals surface area contributed by atoms with Crippen molar-refractivity contribution < 1.29 is 18.0 Å². The van der Waals surface area contributed by atoms with E-state index in [0.29, 0.717) is 31.7 Å². The van der Waals surface area contributed by atoms with Crippen molar-refractivity contribution in [3.05, 3.63) is 71.0 Å². The number of halogens is 3. The number of amides is 1. The second-order valence-electron chi connectivity index (χ2n) is 6.07. The van der Waals surface area contributed by atoms with E-state index in [4.69, 9.17) is 0 Å². The Labute approximate surface area is 149 Å². The van der Waals surface area contributed by atoms with E-state index in [9.17, 15) is 23.2 Å². The van der Waals surface area contributed by atoms with Gasteiger partial charge in [0.25, 0.3) is 5.91 Å². The van der Waals surface area contributed by atoms with Crippen LogP contribution in [-0.4, -0.2) is 41.9 Å². The Balaban J connectivity index is 1.67. The molecule has 2 aromatic carbocycles. The first-order valence-corrected chi connectivity index (χ1v) is 8.12. The van der Waals surface area contributed by atoms with Crippen molar-refractivity contribution in [2.45, 2.75) is 6.04 Å². The molecule has 0 aromatic heterocycles. The van der Waals surface area contributed by atoms with Crippen molar-refractivity contribution in [2.24, 2.45) is 0 Å². The van der Waals surface area contributed by atoms with E-state index in [1.807, 2.05) is 4.90 Å². The third-order valence-corrected chi connectivity index (χ3v) is 4.38. The lowest BCUT2D eigenvalue weighted by Gasteiger charge is -2.37. The van der Waals surface area contributed by atoms with Gasteiger partial charge in [-0.25, -0.2) is 13.2 Å². The van der Waals surface area contributed by atoms with Gasteiger partial charge in [-0.1, -0.05) is 12.1 Å². The second kappa shape index (κ2) is 7.58. The van der Waals surface area contributed by atoms with Gasteiger partial charge < -0.3 is 4.90 Å². The van der Waals surface area contributed by atoms with Gasteiger partial charge in [0.2, 0.25) is 0 Å². The fourth-order valence-corrected chi connectivity index (χ4v) is 3.06. The van der Waals surface area contributed by atoms with Gasteiger partial charge in [0.15, 0.2) is 0 Å². The van der Waals surface area contributed by atoms with Gasteiger partial charge in [0, 0.05) is 37.8 Å². The van der Waals surface area contributed by atoms with Crippen LogP contribution in [0, 0.1) is 28.8 Å². The Kier molecular flexibility index (Phi) is 5.24. The van der Waals surface area contributed by atoms with Crippen LogP contribution in [0.5, 0.6) is 0 Å². The number of hydrogen-bond acceptors (Lipinski definition) is 3. The van der Waals surface area contributed by atoms with Gasteiger partial charge in [0.1, 0.15) is 23.5 Å². The van der Waals surface area contributed by atoms with Gasteiger partial charge in [0.05, 0.1) is 6.07 Å². The van der Waals surface area contributed by atoms with Gasteiger partial charge >= 0.3 is 0 Å². The predicted octanol–water partition coefficient (Wildman–Crippen LogP) is 3.13. The predicted molar refractivity (Wildman–Crippen MR) is 88.6 cm³/mol. The Morgan fingerprint density at radius 3 is 2.04 bits per heavy atom. The molecule has 1 saturated heterocycles. The number of benzene rings is 2. The molecule has 1 aliphatic rings. The Morgan fingerprint density at radius 1 is 0.923 bits per heavy atom. The minimum absolute atomic E-state index is 0.0358. The van der Waals surface area contributed by atoms with E-state index in [2.05, 4.69) is 6.07 Å². The van der Waals surface area contributed by atoms with Crippen LogP contribution in [0.4, 0.5) is 13.2 Å². The maximum absolute atomic E-state index is 13.3. The summed E-state index contributed by atoms with van der Waals surface area (Å²) in [5.41, 5.74) is 0.646. The second-order valence-corrected chi connectivity index (χ2v) is 6.07. The van der Waals surface area contributed by atoms with Gasteiger partial charge in [-0.3, -0.25) is 9.69 Å². The first-order valence-electron chi connectivity index (χ1n) is 8.12. The molecule has 1 aliphatic heterocycles. The van der Waals surface area contributed by atoms with Crippen molar-refractivity contribution >= 4 is 5.91 Å². The minimum Gasteiger partial charge on any atom is -0.336 e. The van der Waals surface area contributed by atoms with Crippen LogP contribution in [0.1, 0.15) is 22.0 Å². The van der Waals surface area contributed by atoms with Crippen LogP contribution in [0.15, 0.2) is 42.5 Å². The lowest BCUT2D eigenvalue weighted by molar-refractivity contribution is 0.0605. The number of rotatable bonds is 3. The van der Waals surface area contributed by atoms with Crippen LogP contribution in [0.2, 0.25) is 0 Å². The maximum Gasteiger partial charge on any atom is 0.254 e. The third kappa shape index (κ3) is 3.86. The van der Waals surface area contributed by atoms with E-state index < -0.39 is 23.6 Å². The molecule has 2 aromatic rings. The highest BCUT2D eigenvalue weighted by molar-refractivity contribution is 5.94. The number of carbonyl (C=O) groups is 1. The zero-order chi connectivity index (χ0) is 18.7. The monoisotopic (exact) mass is 359 g/mol. The standard InChI is InChI=1S/C19H16F3N3O/c20-15-3-1-13(2-4-15)18(12-23)24-5-7-25(8-6-24)19(26)14-9-16(21)11-17(22)10-14/h1-4,9-11,18H,5-8H2/t18-/m1/s1. The molecule has 1 heterocycles. The topological polar surface area (TPSA) is 47.3 Å². The van der Waals surface area contributed by atoms with E-state index in [1.165, 1.54) is 17.0 Å². The molecular weight excluding hydrogens is 343 g/mol. The highest BCUT2D eigenvalue weighted by Crippen LogP contribution is 2.22. The molecule has 0 bridgehead atoms. The molecule has 0 unspecified atom stereocenters. The highest BCUT2D eigenvalue weighted by atomic mass is 19.1. The molecule has 134 valence electrons. The molecule has 0 radical (unpaired) electrons. The number of nitrogens with zero attached hydrogens (tertiary/aromatic N) is 3. The maximum atomic E-state index is 13.3. The van der Waals surface area contributed by atoms with Gasteiger partial charge in [-0.05, 0) is 29.8 Å². The molecule has 1 atom stereocenters. The van der Waals surface area contributed by atoms with Gasteiger partial charge in [-0.2, -0.15) is 5.26 Å². The molecule has 0 saturated carbocycles. The zero-order valence-corrected chi connectivity index (χ0v) is 13.8. The van der Waals surface area contributed by atoms with Crippen LogP contribution >= 0.6 is 0 Å². The Bertz CT molecular complexity index is 820. The lowest BCUT2D eigenvalue weighted by Crippen LogP contribution is -2.49. The van der Waals surface area contributed by atoms with Crippen LogP contribution < -0.4 is 0 Å². The number of nitriles is 1. The summed E-state index contributed by atoms with van der Waals surface area (Å²) in [5.74, 6) is -2.41. The summed E-state index contributed by atoms with van der Waals surface area (Å²) >= 11 is 0. The molecule has 0 spiro atoms. The van der Waals surface area contributed by atoms with Crippen molar-refractivity contribution in [1.82, 2.24) is 9.80 Å². The molecule has 0 N–H and O–H groups in total. The first kappa shape index (κ1) is 18.0. The van der Waals surface area contributed by atoms with E-state index in [0.717, 1.165) is 18.2 Å². The largest absolute Gasteiger partial charge is 0.336 e. The Hall–Kier alpha value is -2.85. The summed E-state index contributed by atoms with van der Waals surface area (Å²) in [6, 6.07) is 10.1. The van der Waals surface area contributed by atoms with Crippen molar-refractivity contribution in [3.8, 4) is 6.07 Å². The molecule has 1 fully saturated rings. The SMILES string of the molecule is N#C[C@H](c1ccc(F)cc1)N1CCN(C(=O)c2cc(F)cc(F)c2)CC1. The van der Waals surface area contributed by atoms with Crippen molar-refractivity contribution in [2.75, 3.05) is 26.2 Å². The molecule has 4 nitrogen and oxygen atoms in total. The van der Waals surface area contributed by atoms with Crippen LogP contribution in [-0.2, 0) is 0 Å². The number of piperazine rings is 1. The van der Waals surface area contributed by atoms with Crippen LogP contribution in [0.25, 0.3) is 0 Å². The summed E-state index contributed by atoms with van der Waals surface area (Å²) in [6.45, 7) is 1.52. The smallest absolute Gasteiger partial charge is 0.254 e. The van der Waals surface area contributed by atoms with E-state index in [-0.39, 0.29) is 11.4 Å². The summed E-state index contributed by atoms with van der Waals surface area (Å²) in [7, 11) is 0. The molecule has 7 heteroatoms. The molecule has 26 heavy (non-hydrogen) atoms. The quantitative estimate of drug-likeness (QED) is 0.846. The summed E-state index contributed by atoms with van der Waals surface area (Å²) in [5, 5.41) is 9.47. The minimum atomic E-state index is -0.798. The lowest BCUT2D eigenvalue weighted by atomic mass is 10.1. The molecule has 0 aliphatic carbocycles. The van der Waals surface area contributed by atoms with E-state index >= 15 is 0 Å². The normalized spacial score (nSPS) is 16.2. The van der Waals surface area contributed by atoms with Crippen molar-refractivity contribution in [1.29, 1.82) is 5.26 Å². The third-order valence-electron chi connectivity index (χ3n) is 4.38. The average molecular weight is 359 g/mol. The summed E-state index contributed by atoms with van der Waals surface area (Å²) in [6.07, 6.45) is 0. The van der Waals surface area contributed by atoms with Crippen molar-refractivity contribution in [3.63, 3.8) is 0 Å². The summed E-state index contributed by atoms with van der Waals surface area (Å²) in [4.78, 5) is 15.8. The van der Waals surface area contributed by atoms with Gasteiger partial charge in [-0.15, -0.1) is 0 Å². The highest BCUT2D eigenvalue weighted by Gasteiger charge is 2.27. The fourth-order valence-electron chi connectivity index (χ4n) is 3.06.